The van der Waals surface area contributed by atoms with Crippen molar-refractivity contribution in [2.75, 3.05) is 5.73 Å². The number of halogens is 1. The number of hydrogen-bond donors (Lipinski definition) is 1. The molecule has 1 aromatic carbocycles. The van der Waals surface area contributed by atoms with Crippen molar-refractivity contribution >= 4 is 17.4 Å². The summed E-state index contributed by atoms with van der Waals surface area (Å²) < 4.78 is 5.53. The van der Waals surface area contributed by atoms with Crippen LogP contribution in [-0.2, 0) is 18.0 Å². The molecule has 2 rings (SSSR count). The van der Waals surface area contributed by atoms with Crippen molar-refractivity contribution in [1.82, 2.24) is 9.97 Å². The van der Waals surface area contributed by atoms with Gasteiger partial charge in [-0.15, -0.1) is 0 Å². The van der Waals surface area contributed by atoms with Crippen molar-refractivity contribution in [2.45, 2.75) is 20.1 Å². The summed E-state index contributed by atoms with van der Waals surface area (Å²) in [5.74, 6) is 1.04. The molecule has 0 aliphatic heterocycles. The fourth-order valence-corrected chi connectivity index (χ4v) is 1.78. The van der Waals surface area contributed by atoms with E-state index >= 15 is 0 Å². The molecule has 0 unspecified atom stereocenters. The molecular weight excluding hydrogens is 250 g/mol. The summed E-state index contributed by atoms with van der Waals surface area (Å²) in [4.78, 5) is 8.33. The number of nitrogen functional groups attached to an aromatic ring is 1. The fourth-order valence-electron chi connectivity index (χ4n) is 1.59. The molecule has 0 radical (unpaired) electrons. The largest absolute Gasteiger partial charge is 0.384 e. The number of nitrogens with zero attached hydrogens (tertiary/aromatic N) is 2. The average molecular weight is 264 g/mol. The Balaban J connectivity index is 1.94. The van der Waals surface area contributed by atoms with Crippen LogP contribution < -0.4 is 5.73 Å². The predicted octanol–water partition coefficient (Wildman–Crippen LogP) is 2.74. The van der Waals surface area contributed by atoms with Gasteiger partial charge in [0.1, 0.15) is 12.4 Å². The average Bonchev–Trinajstić information content (AvgIpc) is 2.30. The van der Waals surface area contributed by atoms with E-state index in [1.165, 1.54) is 0 Å². The Morgan fingerprint density at radius 1 is 1.22 bits per heavy atom. The number of hydrogen-bond acceptors (Lipinski definition) is 4. The van der Waals surface area contributed by atoms with Crippen LogP contribution in [-0.4, -0.2) is 9.97 Å². The Bertz CT molecular complexity index is 525. The maximum atomic E-state index is 6.03. The topological polar surface area (TPSA) is 61.0 Å². The third-order valence-corrected chi connectivity index (χ3v) is 2.74. The molecule has 0 fully saturated rings. The number of ether oxygens (including phenoxy) is 1. The Morgan fingerprint density at radius 3 is 2.72 bits per heavy atom. The predicted molar refractivity (Wildman–Crippen MR) is 71.1 cm³/mol. The number of rotatable bonds is 4. The lowest BCUT2D eigenvalue weighted by molar-refractivity contribution is 0.102. The van der Waals surface area contributed by atoms with E-state index in [1.807, 2.05) is 31.2 Å². The molecule has 0 aliphatic rings. The van der Waals surface area contributed by atoms with E-state index in [0.29, 0.717) is 29.9 Å². The summed E-state index contributed by atoms with van der Waals surface area (Å²) in [6.45, 7) is 2.61. The van der Waals surface area contributed by atoms with Gasteiger partial charge >= 0.3 is 0 Å². The monoisotopic (exact) mass is 263 g/mol. The molecule has 1 aromatic heterocycles. The van der Waals surface area contributed by atoms with Crippen LogP contribution >= 0.6 is 11.6 Å². The van der Waals surface area contributed by atoms with Gasteiger partial charge in [0, 0.05) is 16.8 Å². The highest BCUT2D eigenvalue weighted by Gasteiger charge is 2.02. The molecule has 0 aliphatic carbocycles. The maximum Gasteiger partial charge on any atom is 0.156 e. The Labute approximate surface area is 111 Å². The van der Waals surface area contributed by atoms with E-state index in [4.69, 9.17) is 22.1 Å². The molecule has 0 spiro atoms. The van der Waals surface area contributed by atoms with Crippen LogP contribution in [0.4, 0.5) is 5.82 Å². The van der Waals surface area contributed by atoms with E-state index in [2.05, 4.69) is 9.97 Å². The Morgan fingerprint density at radius 2 is 2.00 bits per heavy atom. The van der Waals surface area contributed by atoms with Crippen molar-refractivity contribution in [3.63, 3.8) is 0 Å². The molecule has 2 N–H and O–H groups in total. The zero-order chi connectivity index (χ0) is 13.0. The van der Waals surface area contributed by atoms with Crippen molar-refractivity contribution in [3.05, 3.63) is 52.4 Å². The standard InChI is InChI=1S/C13H14ClN3O/c1-9-6-12(15)17-13(16-9)8-18-7-10-4-2-3-5-11(10)14/h2-6H,7-8H2,1H3,(H2,15,16,17). The van der Waals surface area contributed by atoms with Gasteiger partial charge in [0.25, 0.3) is 0 Å². The van der Waals surface area contributed by atoms with Gasteiger partial charge in [-0.3, -0.25) is 0 Å². The number of aryl methyl sites for hydroxylation is 1. The fraction of sp³-hybridized carbons (Fsp3) is 0.231. The van der Waals surface area contributed by atoms with Crippen LogP contribution in [0.2, 0.25) is 5.02 Å². The Kier molecular flexibility index (Phi) is 4.12. The molecule has 0 amide bonds. The molecule has 0 bridgehead atoms. The summed E-state index contributed by atoms with van der Waals surface area (Å²) in [5, 5.41) is 0.696. The lowest BCUT2D eigenvalue weighted by Crippen LogP contribution is -2.03. The molecule has 4 nitrogen and oxygen atoms in total. The molecule has 2 aromatic rings. The first-order valence-corrected chi connectivity index (χ1v) is 5.94. The zero-order valence-corrected chi connectivity index (χ0v) is 10.8. The van der Waals surface area contributed by atoms with Gasteiger partial charge in [0.15, 0.2) is 5.82 Å². The minimum atomic E-state index is 0.317. The van der Waals surface area contributed by atoms with Crippen LogP contribution in [0.5, 0.6) is 0 Å². The van der Waals surface area contributed by atoms with Gasteiger partial charge in [-0.2, -0.15) is 0 Å². The normalized spacial score (nSPS) is 10.6. The van der Waals surface area contributed by atoms with Gasteiger partial charge in [-0.25, -0.2) is 9.97 Å². The van der Waals surface area contributed by atoms with Crippen molar-refractivity contribution in [1.29, 1.82) is 0 Å². The third kappa shape index (κ3) is 3.42. The van der Waals surface area contributed by atoms with Crippen LogP contribution in [0.3, 0.4) is 0 Å². The number of benzene rings is 1. The van der Waals surface area contributed by atoms with Gasteiger partial charge in [-0.1, -0.05) is 29.8 Å². The second-order valence-corrected chi connectivity index (χ2v) is 4.34. The lowest BCUT2D eigenvalue weighted by Gasteiger charge is -2.06. The number of nitrogens with two attached hydrogens (primary N) is 1. The summed E-state index contributed by atoms with van der Waals surface area (Å²) in [7, 11) is 0. The van der Waals surface area contributed by atoms with E-state index in [0.717, 1.165) is 11.3 Å². The molecule has 5 heteroatoms. The SMILES string of the molecule is Cc1cc(N)nc(COCc2ccccc2Cl)n1. The van der Waals surface area contributed by atoms with E-state index in [9.17, 15) is 0 Å². The number of aromatic nitrogens is 2. The highest BCUT2D eigenvalue weighted by atomic mass is 35.5. The van der Waals surface area contributed by atoms with Crippen LogP contribution in [0.1, 0.15) is 17.1 Å². The maximum absolute atomic E-state index is 6.03. The first-order chi connectivity index (χ1) is 8.65. The third-order valence-electron chi connectivity index (χ3n) is 2.37. The molecular formula is C13H14ClN3O. The van der Waals surface area contributed by atoms with Gasteiger partial charge in [0.2, 0.25) is 0 Å². The summed E-state index contributed by atoms with van der Waals surface area (Å²) in [6.07, 6.45) is 0. The molecule has 1 heterocycles. The van der Waals surface area contributed by atoms with Gasteiger partial charge in [-0.05, 0) is 18.6 Å². The van der Waals surface area contributed by atoms with Gasteiger partial charge < -0.3 is 10.5 Å². The number of anilines is 1. The van der Waals surface area contributed by atoms with Crippen LogP contribution in [0.15, 0.2) is 30.3 Å². The second-order valence-electron chi connectivity index (χ2n) is 3.93. The smallest absolute Gasteiger partial charge is 0.156 e. The first kappa shape index (κ1) is 12.8. The van der Waals surface area contributed by atoms with E-state index in [-0.39, 0.29) is 0 Å². The lowest BCUT2D eigenvalue weighted by atomic mass is 10.2. The minimum absolute atomic E-state index is 0.317. The molecule has 94 valence electrons. The highest BCUT2D eigenvalue weighted by molar-refractivity contribution is 6.31. The first-order valence-electron chi connectivity index (χ1n) is 5.56. The highest BCUT2D eigenvalue weighted by Crippen LogP contribution is 2.16. The summed E-state index contributed by atoms with van der Waals surface area (Å²) >= 11 is 6.03. The second kappa shape index (κ2) is 5.80. The van der Waals surface area contributed by atoms with Crippen LogP contribution in [0, 0.1) is 6.92 Å². The van der Waals surface area contributed by atoms with Crippen molar-refractivity contribution in [3.8, 4) is 0 Å². The van der Waals surface area contributed by atoms with Crippen molar-refractivity contribution < 1.29 is 4.74 Å². The summed E-state index contributed by atoms with van der Waals surface area (Å²) in [6, 6.07) is 9.29. The van der Waals surface area contributed by atoms with Crippen molar-refractivity contribution in [2.24, 2.45) is 0 Å². The molecule has 0 saturated carbocycles. The van der Waals surface area contributed by atoms with Crippen LogP contribution in [0.25, 0.3) is 0 Å². The zero-order valence-electron chi connectivity index (χ0n) is 10.1. The molecule has 0 atom stereocenters. The molecule has 18 heavy (non-hydrogen) atoms. The van der Waals surface area contributed by atoms with E-state index < -0.39 is 0 Å². The molecule has 0 saturated heterocycles. The Hall–Kier alpha value is -1.65. The van der Waals surface area contributed by atoms with E-state index in [1.54, 1.807) is 6.07 Å². The summed E-state index contributed by atoms with van der Waals surface area (Å²) in [5.41, 5.74) is 7.42. The minimum Gasteiger partial charge on any atom is -0.384 e. The van der Waals surface area contributed by atoms with Gasteiger partial charge in [0.05, 0.1) is 6.61 Å². The quantitative estimate of drug-likeness (QED) is 0.921.